The van der Waals surface area contributed by atoms with Crippen molar-refractivity contribution in [3.8, 4) is 0 Å². The van der Waals surface area contributed by atoms with Crippen LogP contribution in [0.15, 0.2) is 47.1 Å². The summed E-state index contributed by atoms with van der Waals surface area (Å²) in [5.41, 5.74) is 4.70. The molecule has 0 spiro atoms. The average molecular weight is 542 g/mol. The second-order valence-electron chi connectivity index (χ2n) is 11.8. The summed E-state index contributed by atoms with van der Waals surface area (Å²) in [6, 6.07) is 8.72. The lowest BCUT2D eigenvalue weighted by atomic mass is 9.50. The van der Waals surface area contributed by atoms with Crippen LogP contribution in [0.3, 0.4) is 0 Å². The third-order valence-corrected chi connectivity index (χ3v) is 9.71. The van der Waals surface area contributed by atoms with E-state index in [1.54, 1.807) is 0 Å². The fourth-order valence-electron chi connectivity index (χ4n) is 8.13. The largest absolute Gasteiger partial charge is 0.451 e. The molecule has 0 unspecified atom stereocenters. The van der Waals surface area contributed by atoms with Crippen LogP contribution >= 0.6 is 12.4 Å². The maximum absolute atomic E-state index is 13.7. The highest BCUT2D eigenvalue weighted by molar-refractivity contribution is 5.93. The van der Waals surface area contributed by atoms with Crippen molar-refractivity contribution in [3.05, 3.63) is 52.6 Å². The molecule has 7 heteroatoms. The predicted molar refractivity (Wildman–Crippen MR) is 150 cm³/mol. The number of benzene rings is 1. The second-order valence-corrected chi connectivity index (χ2v) is 11.8. The summed E-state index contributed by atoms with van der Waals surface area (Å²) < 4.78 is 11.4. The molecule has 206 valence electrons. The minimum Gasteiger partial charge on any atom is -0.451 e. The van der Waals surface area contributed by atoms with Gasteiger partial charge < -0.3 is 14.4 Å². The van der Waals surface area contributed by atoms with E-state index in [9.17, 15) is 14.4 Å². The van der Waals surface area contributed by atoms with E-state index in [2.05, 4.69) is 36.1 Å². The van der Waals surface area contributed by atoms with Gasteiger partial charge in [-0.2, -0.15) is 0 Å². The molecule has 1 aromatic carbocycles. The van der Waals surface area contributed by atoms with E-state index in [1.807, 2.05) is 20.2 Å². The Morgan fingerprint density at radius 1 is 1.08 bits per heavy atom. The first kappa shape index (κ1) is 28.6. The summed E-state index contributed by atoms with van der Waals surface area (Å²) in [6.45, 7) is 3.52. The molecule has 0 heterocycles. The van der Waals surface area contributed by atoms with Crippen molar-refractivity contribution in [2.45, 2.75) is 70.3 Å². The van der Waals surface area contributed by atoms with Gasteiger partial charge >= 0.3 is 5.97 Å². The zero-order chi connectivity index (χ0) is 26.5. The number of hydrogen-bond donors (Lipinski definition) is 0. The Hall–Kier alpha value is -2.44. The van der Waals surface area contributed by atoms with Crippen LogP contribution in [0.1, 0.15) is 70.3 Å². The molecule has 2 fully saturated rings. The number of hydrogen-bond acceptors (Lipinski definition) is 6. The van der Waals surface area contributed by atoms with Gasteiger partial charge in [-0.1, -0.05) is 24.6 Å². The summed E-state index contributed by atoms with van der Waals surface area (Å²) in [5, 5.41) is 0. The quantitative estimate of drug-likeness (QED) is 0.437. The molecule has 0 N–H and O–H groups in total. The van der Waals surface area contributed by atoms with Gasteiger partial charge in [0.25, 0.3) is 0 Å². The van der Waals surface area contributed by atoms with Crippen LogP contribution in [0, 0.1) is 17.3 Å². The van der Waals surface area contributed by atoms with Gasteiger partial charge in [0.05, 0.1) is 0 Å². The highest BCUT2D eigenvalue weighted by Gasteiger charge is 2.68. The zero-order valence-corrected chi connectivity index (χ0v) is 24.0. The number of anilines is 1. The molecular weight excluding hydrogens is 502 g/mol. The van der Waals surface area contributed by atoms with E-state index in [0.29, 0.717) is 18.8 Å². The van der Waals surface area contributed by atoms with Gasteiger partial charge in [-0.25, -0.2) is 0 Å². The molecule has 4 aliphatic carbocycles. The molecule has 0 radical (unpaired) electrons. The molecule has 1 aromatic rings. The number of ether oxygens (including phenoxy) is 2. The summed E-state index contributed by atoms with van der Waals surface area (Å²) >= 11 is 0. The molecule has 0 bridgehead atoms. The fourth-order valence-corrected chi connectivity index (χ4v) is 8.13. The van der Waals surface area contributed by atoms with E-state index >= 15 is 0 Å². The number of fused-ring (bicyclic) bond motifs is 4. The molecular formula is C31H40ClNO5. The van der Waals surface area contributed by atoms with Gasteiger partial charge in [-0.05, 0) is 85.3 Å². The summed E-state index contributed by atoms with van der Waals surface area (Å²) in [7, 11) is 5.59. The van der Waals surface area contributed by atoms with Crippen molar-refractivity contribution in [3.63, 3.8) is 0 Å². The first-order valence-electron chi connectivity index (χ1n) is 13.6. The normalized spacial score (nSPS) is 31.9. The van der Waals surface area contributed by atoms with Crippen LogP contribution in [0.25, 0.3) is 0 Å². The molecule has 38 heavy (non-hydrogen) atoms. The molecule has 4 aliphatic rings. The van der Waals surface area contributed by atoms with Crippen LogP contribution in [-0.2, 0) is 23.9 Å². The van der Waals surface area contributed by atoms with E-state index < -0.39 is 17.0 Å². The highest BCUT2D eigenvalue weighted by Crippen LogP contribution is 2.67. The number of carbonyl (C=O) groups is 3. The average Bonchev–Trinajstić information content (AvgIpc) is 3.15. The first-order valence-corrected chi connectivity index (χ1v) is 13.6. The molecule has 0 saturated heterocycles. The lowest BCUT2D eigenvalue weighted by molar-refractivity contribution is -0.185. The number of Topliss-reactive ketones (excluding diaryl/α,β-unsaturated/α-hetero) is 1. The lowest BCUT2D eigenvalue weighted by Gasteiger charge is -2.55. The Bertz CT molecular complexity index is 1190. The van der Waals surface area contributed by atoms with Gasteiger partial charge in [0, 0.05) is 51.6 Å². The molecule has 0 amide bonds. The van der Waals surface area contributed by atoms with Crippen molar-refractivity contribution < 1.29 is 23.9 Å². The van der Waals surface area contributed by atoms with Crippen molar-refractivity contribution in [1.29, 1.82) is 0 Å². The number of carbonyl (C=O) groups excluding carboxylic acids is 3. The van der Waals surface area contributed by atoms with Gasteiger partial charge in [0.2, 0.25) is 5.78 Å². The molecule has 5 rings (SSSR count). The Labute approximate surface area is 232 Å². The molecule has 6 nitrogen and oxygen atoms in total. The number of methoxy groups -OCH3 is 1. The van der Waals surface area contributed by atoms with Crippen molar-refractivity contribution in [1.82, 2.24) is 0 Å². The van der Waals surface area contributed by atoms with Crippen LogP contribution < -0.4 is 4.90 Å². The number of rotatable bonds is 6. The molecule has 0 aromatic heterocycles. The number of nitrogens with zero attached hydrogens (tertiary/aromatic N) is 1. The number of halogens is 1. The van der Waals surface area contributed by atoms with Crippen LogP contribution in [0.5, 0.6) is 0 Å². The Kier molecular flexibility index (Phi) is 7.98. The molecule has 2 saturated carbocycles. The zero-order valence-electron chi connectivity index (χ0n) is 23.2. The monoisotopic (exact) mass is 541 g/mol. The van der Waals surface area contributed by atoms with Crippen LogP contribution in [0.2, 0.25) is 0 Å². The van der Waals surface area contributed by atoms with Crippen molar-refractivity contribution in [2.75, 3.05) is 32.7 Å². The summed E-state index contributed by atoms with van der Waals surface area (Å²) in [5.74, 6) is 0.301. The number of esters is 1. The van der Waals surface area contributed by atoms with E-state index in [1.165, 1.54) is 36.3 Å². The number of allylic oxidation sites excluding steroid dienone is 4. The smallest absolute Gasteiger partial charge is 0.303 e. The third-order valence-electron chi connectivity index (χ3n) is 9.71. The maximum Gasteiger partial charge on any atom is 0.303 e. The standard InChI is InChI=1S/C31H39NO5.ClH/c1-19(33)37-31(28(35)18-36-5)15-14-27-25-12-8-21-16-23(34)11-13-24(21)29(25)26(17-30(27,31)2)20-6-9-22(10-7-20)32(3)4;/h6-7,9-10,16,25-27H,8,11-15,17-18H2,1-5H3;1H/t25-,26+,27-,30-,31-;/m0./s1. The van der Waals surface area contributed by atoms with E-state index in [4.69, 9.17) is 9.47 Å². The van der Waals surface area contributed by atoms with Gasteiger partial charge in [0.1, 0.15) is 6.61 Å². The second kappa shape index (κ2) is 10.6. The Balaban J connectivity index is 0.00000336. The van der Waals surface area contributed by atoms with Gasteiger partial charge in [0.15, 0.2) is 11.4 Å². The summed E-state index contributed by atoms with van der Waals surface area (Å²) in [6.07, 6.45) is 7.17. The third kappa shape index (κ3) is 4.44. The van der Waals surface area contributed by atoms with E-state index in [0.717, 1.165) is 37.8 Å². The van der Waals surface area contributed by atoms with Gasteiger partial charge in [-0.3, -0.25) is 14.4 Å². The fraction of sp³-hybridized carbons (Fsp3) is 0.581. The Morgan fingerprint density at radius 2 is 1.79 bits per heavy atom. The van der Waals surface area contributed by atoms with Crippen LogP contribution in [0.4, 0.5) is 5.69 Å². The van der Waals surface area contributed by atoms with Crippen LogP contribution in [-0.4, -0.2) is 50.9 Å². The van der Waals surface area contributed by atoms with Gasteiger partial charge in [-0.15, -0.1) is 12.4 Å². The minimum absolute atomic E-state index is 0. The highest BCUT2D eigenvalue weighted by atomic mass is 35.5. The van der Waals surface area contributed by atoms with Crippen molar-refractivity contribution >= 4 is 35.6 Å². The topological polar surface area (TPSA) is 72.9 Å². The number of ketones is 2. The Morgan fingerprint density at radius 3 is 2.42 bits per heavy atom. The molecule has 5 atom stereocenters. The predicted octanol–water partition coefficient (Wildman–Crippen LogP) is 5.59. The maximum atomic E-state index is 13.7. The molecule has 0 aliphatic heterocycles. The van der Waals surface area contributed by atoms with Crippen molar-refractivity contribution in [2.24, 2.45) is 17.3 Å². The summed E-state index contributed by atoms with van der Waals surface area (Å²) in [4.78, 5) is 40.5. The lowest BCUT2D eigenvalue weighted by Crippen LogP contribution is -2.58. The van der Waals surface area contributed by atoms with E-state index in [-0.39, 0.29) is 42.4 Å². The minimum atomic E-state index is -1.18. The SMILES string of the molecule is COCC(=O)[C@@]1(OC(C)=O)CC[C@H]2[C@@H]3CCC4=CC(=O)CCC4=C3[C@@H](c3ccc(N(C)C)cc3)C[C@@]21C.Cl. The first-order chi connectivity index (χ1) is 17.6.